The molecule has 1 atom stereocenters. The van der Waals surface area contributed by atoms with Gasteiger partial charge in [-0.25, -0.2) is 15.0 Å². The monoisotopic (exact) mass is 713 g/mol. The van der Waals surface area contributed by atoms with Gasteiger partial charge in [0, 0.05) is 100 Å². The molecule has 1 unspecified atom stereocenters. The van der Waals surface area contributed by atoms with Gasteiger partial charge in [-0.15, -0.1) is 0 Å². The summed E-state index contributed by atoms with van der Waals surface area (Å²) in [6, 6.07) is 7.32. The van der Waals surface area contributed by atoms with Gasteiger partial charge in [-0.05, 0) is 50.8 Å². The Balaban J connectivity index is 1.45. The van der Waals surface area contributed by atoms with Gasteiger partial charge in [0.05, 0.1) is 26.8 Å². The summed E-state index contributed by atoms with van der Waals surface area (Å²) in [5.74, 6) is 2.24. The number of aromatic nitrogens is 5. The molecule has 2 bridgehead atoms. The topological polar surface area (TPSA) is 157 Å². The van der Waals surface area contributed by atoms with E-state index in [1.165, 1.54) is 0 Å². The minimum absolute atomic E-state index is 0.116. The van der Waals surface area contributed by atoms with Gasteiger partial charge in [0.25, 0.3) is 5.91 Å². The zero-order chi connectivity index (χ0) is 36.8. The van der Waals surface area contributed by atoms with E-state index in [1.54, 1.807) is 61.2 Å². The smallest absolute Gasteiger partial charge is 0.272 e. The number of fused-ring (bicyclic) bond motifs is 5. The average Bonchev–Trinajstić information content (AvgIpc) is 3.67. The van der Waals surface area contributed by atoms with Crippen molar-refractivity contribution in [3.05, 3.63) is 59.4 Å². The Bertz CT molecular complexity index is 1900. The van der Waals surface area contributed by atoms with E-state index in [4.69, 9.17) is 19.2 Å². The minimum atomic E-state index is -0.304. The molecule has 4 aromatic rings. The molecule has 1 fully saturated rings. The third kappa shape index (κ3) is 8.19. The molecule has 6 rings (SSSR count). The van der Waals surface area contributed by atoms with E-state index in [-0.39, 0.29) is 68.4 Å². The molecule has 276 valence electrons. The van der Waals surface area contributed by atoms with Crippen molar-refractivity contribution < 1.29 is 28.6 Å². The van der Waals surface area contributed by atoms with Crippen molar-refractivity contribution in [1.29, 1.82) is 0 Å². The molecule has 15 heteroatoms. The molecule has 0 radical (unpaired) electrons. The van der Waals surface area contributed by atoms with Crippen molar-refractivity contribution in [3.8, 4) is 17.2 Å². The molecule has 15 nitrogen and oxygen atoms in total. The van der Waals surface area contributed by atoms with Crippen molar-refractivity contribution >= 4 is 34.4 Å². The number of amides is 3. The molecule has 3 aromatic heterocycles. The molecule has 0 aliphatic carbocycles. The van der Waals surface area contributed by atoms with E-state index in [2.05, 4.69) is 25.3 Å². The molecule has 1 N–H and O–H groups in total. The van der Waals surface area contributed by atoms with Crippen LogP contribution in [0.2, 0.25) is 0 Å². The number of rotatable bonds is 7. The predicted octanol–water partition coefficient (Wildman–Crippen LogP) is 3.16. The van der Waals surface area contributed by atoms with Crippen LogP contribution in [0.1, 0.15) is 53.3 Å². The molecule has 0 saturated carbocycles. The van der Waals surface area contributed by atoms with Gasteiger partial charge in [0.2, 0.25) is 17.6 Å². The first-order valence-corrected chi connectivity index (χ1v) is 17.7. The second-order valence-corrected chi connectivity index (χ2v) is 13.3. The summed E-state index contributed by atoms with van der Waals surface area (Å²) in [5.41, 5.74) is 2.38. The third-order valence-electron chi connectivity index (χ3n) is 9.63. The van der Waals surface area contributed by atoms with E-state index in [1.807, 2.05) is 25.1 Å². The van der Waals surface area contributed by atoms with E-state index in [0.717, 1.165) is 30.8 Å². The Hall–Kier alpha value is -5.47. The van der Waals surface area contributed by atoms with Gasteiger partial charge in [-0.1, -0.05) is 0 Å². The summed E-state index contributed by atoms with van der Waals surface area (Å²) in [5, 5.41) is 8.04. The Kier molecular flexibility index (Phi) is 11.4. The lowest BCUT2D eigenvalue weighted by molar-refractivity contribution is -0.132. The second-order valence-electron chi connectivity index (χ2n) is 13.3. The zero-order valence-corrected chi connectivity index (χ0v) is 30.6. The Morgan fingerprint density at radius 3 is 2.48 bits per heavy atom. The molecular weight excluding hydrogens is 666 g/mol. The van der Waals surface area contributed by atoms with E-state index < -0.39 is 0 Å². The highest BCUT2D eigenvalue weighted by molar-refractivity contribution is 5.94. The highest BCUT2D eigenvalue weighted by Gasteiger charge is 2.29. The predicted molar refractivity (Wildman–Crippen MR) is 194 cm³/mol. The highest BCUT2D eigenvalue weighted by atomic mass is 16.5. The number of carbonyl (C=O) groups is 3. The Morgan fingerprint density at radius 1 is 0.942 bits per heavy atom. The van der Waals surface area contributed by atoms with E-state index >= 15 is 0 Å². The quantitative estimate of drug-likeness (QED) is 0.300. The van der Waals surface area contributed by atoms with E-state index in [0.29, 0.717) is 59.3 Å². The van der Waals surface area contributed by atoms with Gasteiger partial charge in [0.1, 0.15) is 17.3 Å². The van der Waals surface area contributed by atoms with Crippen LogP contribution >= 0.6 is 0 Å². The number of pyridine rings is 1. The number of methoxy groups -OCH3 is 3. The van der Waals surface area contributed by atoms with Crippen LogP contribution in [0.4, 0.5) is 5.82 Å². The normalized spacial score (nSPS) is 17.1. The van der Waals surface area contributed by atoms with Crippen molar-refractivity contribution in [2.24, 2.45) is 5.92 Å². The average molecular weight is 714 g/mol. The lowest BCUT2D eigenvalue weighted by Crippen LogP contribution is -2.43. The van der Waals surface area contributed by atoms with Crippen LogP contribution < -0.4 is 24.4 Å². The summed E-state index contributed by atoms with van der Waals surface area (Å²) in [6.45, 7) is 6.71. The van der Waals surface area contributed by atoms with Crippen LogP contribution in [0.25, 0.3) is 10.9 Å². The van der Waals surface area contributed by atoms with Crippen molar-refractivity contribution in [2.45, 2.75) is 52.6 Å². The Morgan fingerprint density at radius 2 is 1.75 bits per heavy atom. The molecule has 2 aliphatic rings. The fraction of sp³-hybridized carbons (Fsp3) is 0.486. The van der Waals surface area contributed by atoms with Crippen LogP contribution in [0.5, 0.6) is 17.2 Å². The number of benzene rings is 1. The van der Waals surface area contributed by atoms with Crippen molar-refractivity contribution in [3.63, 3.8) is 0 Å². The molecule has 1 aromatic carbocycles. The molecular formula is C37H47N9O6. The summed E-state index contributed by atoms with van der Waals surface area (Å²) >= 11 is 0. The number of hydrogen-bond donors (Lipinski definition) is 1. The number of nitrogens with one attached hydrogen (secondary N) is 1. The van der Waals surface area contributed by atoms with Gasteiger partial charge >= 0.3 is 0 Å². The first kappa shape index (κ1) is 36.3. The van der Waals surface area contributed by atoms with Crippen molar-refractivity contribution in [1.82, 2.24) is 39.8 Å². The number of aryl methyl sites for hydroxylation is 3. The maximum absolute atomic E-state index is 14.5. The molecule has 5 heterocycles. The molecule has 0 spiro atoms. The largest absolute Gasteiger partial charge is 0.493 e. The number of ether oxygens (including phenoxy) is 3. The second kappa shape index (κ2) is 16.3. The number of anilines is 1. The molecule has 3 amide bonds. The van der Waals surface area contributed by atoms with Crippen LogP contribution in [0.3, 0.4) is 0 Å². The van der Waals surface area contributed by atoms with Gasteiger partial charge in [-0.3, -0.25) is 19.1 Å². The summed E-state index contributed by atoms with van der Waals surface area (Å²) < 4.78 is 18.9. The lowest BCUT2D eigenvalue weighted by Gasteiger charge is -2.35. The number of nitrogens with zero attached hydrogens (tertiary/aromatic N) is 8. The van der Waals surface area contributed by atoms with E-state index in [9.17, 15) is 14.4 Å². The fourth-order valence-electron chi connectivity index (χ4n) is 7.07. The molecule has 2 aliphatic heterocycles. The number of hydrogen-bond acceptors (Lipinski definition) is 11. The Labute approximate surface area is 303 Å². The van der Waals surface area contributed by atoms with Crippen molar-refractivity contribution in [2.75, 3.05) is 65.5 Å². The van der Waals surface area contributed by atoms with Gasteiger partial charge in [0.15, 0.2) is 11.5 Å². The number of carbonyl (C=O) groups excluding carboxylic acids is 3. The van der Waals surface area contributed by atoms with Gasteiger partial charge in [-0.2, -0.15) is 5.10 Å². The minimum Gasteiger partial charge on any atom is -0.493 e. The standard InChI is InChI=1S/C37H47N9O6/c1-24-18-30(41-25(2)40-24)37(49)45-17-16-43(33(48)10-15-46-13-7-11-39-46)14-9-32(47)38-21-26-8-6-12-44(22-26)36-27(23-45)19-28-29(42-36)20-31(50-3)35(52-5)34(28)51-4/h7,11,13,18-20,26H,6,8-10,12,14-17,21-23H2,1-5H3,(H,38,47). The van der Waals surface area contributed by atoms with Gasteiger partial charge < -0.3 is 34.2 Å². The van der Waals surface area contributed by atoms with Crippen LogP contribution in [-0.2, 0) is 22.7 Å². The summed E-state index contributed by atoms with van der Waals surface area (Å²) in [6.07, 6.45) is 5.69. The third-order valence-corrected chi connectivity index (χ3v) is 9.63. The highest BCUT2D eigenvalue weighted by Crippen LogP contribution is 2.44. The van der Waals surface area contributed by atoms with Crippen LogP contribution in [0, 0.1) is 19.8 Å². The maximum Gasteiger partial charge on any atom is 0.272 e. The molecule has 52 heavy (non-hydrogen) atoms. The summed E-state index contributed by atoms with van der Waals surface area (Å²) in [7, 11) is 4.70. The molecule has 1 saturated heterocycles. The SMILES string of the molecule is COc1cc2nc3c(cc2c(OC)c1OC)CN(C(=O)c1cc(C)nc(C)n1)CCN(C(=O)CCn1cccn1)CCC(=O)NCC1CCCN3C1. The zero-order valence-electron chi connectivity index (χ0n) is 30.6. The first-order valence-electron chi connectivity index (χ1n) is 17.7. The number of piperidine rings is 1. The lowest BCUT2D eigenvalue weighted by atomic mass is 9.97. The maximum atomic E-state index is 14.5. The van der Waals surface area contributed by atoms with Crippen LogP contribution in [0.15, 0.2) is 36.7 Å². The van der Waals surface area contributed by atoms with Crippen LogP contribution in [-0.4, -0.2) is 113 Å². The summed E-state index contributed by atoms with van der Waals surface area (Å²) in [4.78, 5) is 61.0. The first-order chi connectivity index (χ1) is 25.2. The fourth-order valence-corrected chi connectivity index (χ4v) is 7.07.